The molecule has 0 spiro atoms. The highest BCUT2D eigenvalue weighted by atomic mass is 16.5. The molecule has 0 aliphatic rings. The molecule has 11 nitrogen and oxygen atoms in total. The number of pyridine rings is 1. The second-order valence-corrected chi connectivity index (χ2v) is 7.25. The summed E-state index contributed by atoms with van der Waals surface area (Å²) in [6.07, 6.45) is 4.16. The standard InChI is InChI=1S/C21H31N7O4/c1-4-5-16(8-10-29)32-21-26-18(22)19-24-13-15(28(19)27-21)12-14-6-7-17(25-20(14)30-3)31-11-9-23-2/h6-7,13,16,23,29H,4-5,8-12H2,1-3H3,(H2,22,26,27). The van der Waals surface area contributed by atoms with Crippen LogP contribution in [0.2, 0.25) is 0 Å². The van der Waals surface area contributed by atoms with E-state index in [0.717, 1.165) is 30.6 Å². The van der Waals surface area contributed by atoms with Crippen LogP contribution >= 0.6 is 0 Å². The van der Waals surface area contributed by atoms with Crippen LogP contribution in [0.1, 0.15) is 37.4 Å². The maximum atomic E-state index is 9.28. The van der Waals surface area contributed by atoms with Crippen LogP contribution in [0, 0.1) is 0 Å². The highest BCUT2D eigenvalue weighted by molar-refractivity contribution is 5.60. The average Bonchev–Trinajstić information content (AvgIpc) is 3.18. The maximum absolute atomic E-state index is 9.28. The van der Waals surface area contributed by atoms with Crippen LogP contribution in [-0.2, 0) is 6.42 Å². The number of fused-ring (bicyclic) bond motifs is 1. The Morgan fingerprint density at radius 1 is 1.25 bits per heavy atom. The Balaban J connectivity index is 1.85. The van der Waals surface area contributed by atoms with Gasteiger partial charge in [0.1, 0.15) is 12.7 Å². The Morgan fingerprint density at radius 3 is 2.81 bits per heavy atom. The molecule has 11 heteroatoms. The van der Waals surface area contributed by atoms with E-state index in [9.17, 15) is 5.11 Å². The number of aliphatic hydroxyl groups excluding tert-OH is 1. The van der Waals surface area contributed by atoms with Gasteiger partial charge >= 0.3 is 6.01 Å². The Labute approximate surface area is 186 Å². The minimum absolute atomic E-state index is 0.0280. The summed E-state index contributed by atoms with van der Waals surface area (Å²) in [6.45, 7) is 3.31. The number of ether oxygens (including phenoxy) is 3. The normalized spacial score (nSPS) is 12.1. The minimum Gasteiger partial charge on any atom is -0.481 e. The second-order valence-electron chi connectivity index (χ2n) is 7.25. The van der Waals surface area contributed by atoms with Crippen LogP contribution in [-0.4, -0.2) is 69.7 Å². The van der Waals surface area contributed by atoms with Gasteiger partial charge in [-0.3, -0.25) is 0 Å². The average molecular weight is 446 g/mol. The SMILES string of the molecule is CCCC(CCO)Oc1nc(N)c2ncc(Cc3ccc(OCCNC)nc3OC)n2n1. The lowest BCUT2D eigenvalue weighted by molar-refractivity contribution is 0.133. The van der Waals surface area contributed by atoms with Crippen molar-refractivity contribution in [3.05, 3.63) is 29.6 Å². The van der Waals surface area contributed by atoms with Gasteiger partial charge in [0.2, 0.25) is 11.8 Å². The molecule has 0 saturated heterocycles. The molecular weight excluding hydrogens is 414 g/mol. The highest BCUT2D eigenvalue weighted by Gasteiger charge is 2.17. The van der Waals surface area contributed by atoms with Crippen LogP contribution in [0.4, 0.5) is 5.82 Å². The molecule has 32 heavy (non-hydrogen) atoms. The van der Waals surface area contributed by atoms with Gasteiger partial charge in [-0.15, -0.1) is 5.10 Å². The zero-order valence-corrected chi connectivity index (χ0v) is 18.7. The molecule has 3 aromatic rings. The summed E-state index contributed by atoms with van der Waals surface area (Å²) in [4.78, 5) is 13.0. The van der Waals surface area contributed by atoms with Gasteiger partial charge in [-0.1, -0.05) is 13.3 Å². The fourth-order valence-electron chi connectivity index (χ4n) is 3.27. The van der Waals surface area contributed by atoms with Crippen molar-refractivity contribution >= 4 is 11.5 Å². The zero-order valence-electron chi connectivity index (χ0n) is 18.7. The van der Waals surface area contributed by atoms with Crippen molar-refractivity contribution < 1.29 is 19.3 Å². The molecule has 0 radical (unpaired) electrons. The Morgan fingerprint density at radius 2 is 2.09 bits per heavy atom. The van der Waals surface area contributed by atoms with Crippen molar-refractivity contribution in [3.8, 4) is 17.8 Å². The van der Waals surface area contributed by atoms with Gasteiger partial charge in [0.25, 0.3) is 0 Å². The molecule has 0 aromatic carbocycles. The van der Waals surface area contributed by atoms with Gasteiger partial charge in [0.15, 0.2) is 11.5 Å². The molecule has 1 unspecified atom stereocenters. The van der Waals surface area contributed by atoms with Crippen LogP contribution < -0.4 is 25.3 Å². The van der Waals surface area contributed by atoms with E-state index in [2.05, 4.69) is 32.3 Å². The smallest absolute Gasteiger partial charge is 0.336 e. The molecule has 3 aromatic heterocycles. The quantitative estimate of drug-likeness (QED) is 0.329. The first-order valence-corrected chi connectivity index (χ1v) is 10.7. The van der Waals surface area contributed by atoms with Gasteiger partial charge in [-0.05, 0) is 19.5 Å². The molecule has 3 rings (SSSR count). The molecule has 3 heterocycles. The van der Waals surface area contributed by atoms with Gasteiger partial charge in [-0.25, -0.2) is 9.50 Å². The molecule has 4 N–H and O–H groups in total. The number of likely N-dealkylation sites (N-methyl/N-ethyl adjacent to an activating group) is 1. The third-order valence-corrected chi connectivity index (χ3v) is 4.85. The number of anilines is 1. The summed E-state index contributed by atoms with van der Waals surface area (Å²) in [5.74, 6) is 1.18. The topological polar surface area (TPSA) is 142 Å². The number of nitrogens with zero attached hydrogens (tertiary/aromatic N) is 5. The van der Waals surface area contributed by atoms with Gasteiger partial charge in [0, 0.05) is 37.6 Å². The van der Waals surface area contributed by atoms with Crippen molar-refractivity contribution in [2.45, 2.75) is 38.7 Å². The Bertz CT molecular complexity index is 1010. The maximum Gasteiger partial charge on any atom is 0.336 e. The van der Waals surface area contributed by atoms with E-state index in [1.54, 1.807) is 23.9 Å². The molecule has 0 bridgehead atoms. The van der Waals surface area contributed by atoms with E-state index in [1.165, 1.54) is 0 Å². The third-order valence-electron chi connectivity index (χ3n) is 4.85. The summed E-state index contributed by atoms with van der Waals surface area (Å²) in [7, 11) is 3.43. The Hall–Kier alpha value is -3.18. The van der Waals surface area contributed by atoms with Crippen LogP contribution in [0.5, 0.6) is 17.8 Å². The van der Waals surface area contributed by atoms with Gasteiger partial charge < -0.3 is 30.4 Å². The number of methoxy groups -OCH3 is 1. The van der Waals surface area contributed by atoms with E-state index in [1.807, 2.05) is 13.1 Å². The van der Waals surface area contributed by atoms with E-state index in [-0.39, 0.29) is 24.5 Å². The minimum atomic E-state index is -0.187. The lowest BCUT2D eigenvalue weighted by Gasteiger charge is -2.16. The van der Waals surface area contributed by atoms with Crippen molar-refractivity contribution in [1.29, 1.82) is 0 Å². The number of rotatable bonds is 13. The molecule has 0 aliphatic carbocycles. The van der Waals surface area contributed by atoms with E-state index in [0.29, 0.717) is 36.9 Å². The second kappa shape index (κ2) is 11.4. The van der Waals surface area contributed by atoms with Crippen molar-refractivity contribution in [1.82, 2.24) is 29.9 Å². The predicted octanol–water partition coefficient (Wildman–Crippen LogP) is 1.23. The fraction of sp³-hybridized carbons (Fsp3) is 0.524. The first kappa shape index (κ1) is 23.5. The number of aliphatic hydroxyl groups is 1. The van der Waals surface area contributed by atoms with Crippen LogP contribution in [0.25, 0.3) is 5.65 Å². The van der Waals surface area contributed by atoms with E-state index >= 15 is 0 Å². The van der Waals surface area contributed by atoms with Crippen molar-refractivity contribution in [3.63, 3.8) is 0 Å². The van der Waals surface area contributed by atoms with Crippen molar-refractivity contribution in [2.24, 2.45) is 0 Å². The first-order valence-electron chi connectivity index (χ1n) is 10.7. The van der Waals surface area contributed by atoms with Crippen LogP contribution in [0.3, 0.4) is 0 Å². The number of imidazole rings is 1. The molecule has 0 aliphatic heterocycles. The lowest BCUT2D eigenvalue weighted by Crippen LogP contribution is -2.20. The monoisotopic (exact) mass is 445 g/mol. The summed E-state index contributed by atoms with van der Waals surface area (Å²) in [5.41, 5.74) is 8.17. The first-order chi connectivity index (χ1) is 15.6. The molecule has 1 atom stereocenters. The highest BCUT2D eigenvalue weighted by Crippen LogP contribution is 2.24. The molecule has 0 saturated carbocycles. The Kier molecular flexibility index (Phi) is 8.40. The third kappa shape index (κ3) is 5.74. The molecular formula is C21H31N7O4. The molecule has 0 amide bonds. The largest absolute Gasteiger partial charge is 0.481 e. The predicted molar refractivity (Wildman–Crippen MR) is 119 cm³/mol. The van der Waals surface area contributed by atoms with Crippen molar-refractivity contribution in [2.75, 3.05) is 39.6 Å². The number of nitrogens with two attached hydrogens (primary N) is 1. The number of nitrogen functional groups attached to an aromatic ring is 1. The number of aromatic nitrogens is 5. The summed E-state index contributed by atoms with van der Waals surface area (Å²) < 4.78 is 18.6. The van der Waals surface area contributed by atoms with Gasteiger partial charge in [0.05, 0.1) is 19.0 Å². The zero-order chi connectivity index (χ0) is 22.9. The number of hydrogen-bond acceptors (Lipinski definition) is 10. The molecule has 174 valence electrons. The summed E-state index contributed by atoms with van der Waals surface area (Å²) in [6, 6.07) is 3.86. The number of hydrogen-bond donors (Lipinski definition) is 3. The lowest BCUT2D eigenvalue weighted by atomic mass is 10.1. The van der Waals surface area contributed by atoms with Crippen LogP contribution in [0.15, 0.2) is 18.3 Å². The number of nitrogens with one attached hydrogen (secondary N) is 1. The summed E-state index contributed by atoms with van der Waals surface area (Å²) in [5, 5.41) is 16.8. The van der Waals surface area contributed by atoms with Gasteiger partial charge in [-0.2, -0.15) is 9.97 Å². The van der Waals surface area contributed by atoms with E-state index in [4.69, 9.17) is 19.9 Å². The van der Waals surface area contributed by atoms with E-state index < -0.39 is 0 Å². The summed E-state index contributed by atoms with van der Waals surface area (Å²) >= 11 is 0. The fourth-order valence-corrected chi connectivity index (χ4v) is 3.27. The molecule has 0 fully saturated rings.